The first-order valence-electron chi connectivity index (χ1n) is 8.87. The van der Waals surface area contributed by atoms with Gasteiger partial charge in [0.15, 0.2) is 0 Å². The van der Waals surface area contributed by atoms with Crippen molar-refractivity contribution in [1.29, 1.82) is 0 Å². The largest absolute Gasteiger partial charge is 0.379 e. The average Bonchev–Trinajstić information content (AvgIpc) is 2.57. The van der Waals surface area contributed by atoms with E-state index < -0.39 is 0 Å². The van der Waals surface area contributed by atoms with Crippen molar-refractivity contribution in [1.82, 2.24) is 4.72 Å². The summed E-state index contributed by atoms with van der Waals surface area (Å²) in [5.41, 5.74) is 0. The number of hydrogen-bond acceptors (Lipinski definition) is 4. The molecule has 0 aromatic carbocycles. The Hall–Kier alpha value is -0.260. The fraction of sp³-hybridized carbons (Fsp3) is 0.941. The van der Waals surface area contributed by atoms with Crippen LogP contribution >= 0.6 is 11.9 Å². The molecule has 0 aliphatic carbocycles. The zero-order chi connectivity index (χ0) is 17.5. The molecular formula is C17H39NO3S. The summed E-state index contributed by atoms with van der Waals surface area (Å²) in [6.07, 6.45) is 5.05. The van der Waals surface area contributed by atoms with Gasteiger partial charge in [-0.15, -0.1) is 0 Å². The predicted molar refractivity (Wildman–Crippen MR) is 99.4 cm³/mol. The lowest BCUT2D eigenvalue weighted by Crippen LogP contribution is -2.18. The first-order chi connectivity index (χ1) is 10.8. The van der Waals surface area contributed by atoms with Gasteiger partial charge < -0.3 is 14.2 Å². The first-order valence-corrected chi connectivity index (χ1v) is 9.85. The van der Waals surface area contributed by atoms with Gasteiger partial charge >= 0.3 is 0 Å². The van der Waals surface area contributed by atoms with Crippen molar-refractivity contribution in [2.75, 3.05) is 32.2 Å². The minimum absolute atomic E-state index is 0.0472. The van der Waals surface area contributed by atoms with E-state index in [-0.39, 0.29) is 5.91 Å². The molecule has 5 heteroatoms. The molecule has 136 valence electrons. The van der Waals surface area contributed by atoms with Gasteiger partial charge in [-0.25, -0.2) is 0 Å². The molecule has 0 aliphatic heterocycles. The summed E-state index contributed by atoms with van der Waals surface area (Å²) in [5.74, 6) is 1.04. The van der Waals surface area contributed by atoms with Crippen LogP contribution in [0.2, 0.25) is 0 Å². The summed E-state index contributed by atoms with van der Waals surface area (Å²) in [6.45, 7) is 14.7. The molecule has 0 aromatic heterocycles. The highest BCUT2D eigenvalue weighted by atomic mass is 32.2. The second-order valence-corrected chi connectivity index (χ2v) is 4.96. The third-order valence-corrected chi connectivity index (χ3v) is 3.09. The van der Waals surface area contributed by atoms with E-state index in [0.717, 1.165) is 25.2 Å². The Balaban J connectivity index is -0.000000826. The number of hydrogen-bond donors (Lipinski definition) is 1. The van der Waals surface area contributed by atoms with Gasteiger partial charge in [-0.1, -0.05) is 66.3 Å². The fourth-order valence-electron chi connectivity index (χ4n) is 1.24. The normalized spacial score (nSPS) is 9.18. The lowest BCUT2D eigenvalue weighted by Gasteiger charge is -2.06. The Morgan fingerprint density at radius 1 is 0.864 bits per heavy atom. The van der Waals surface area contributed by atoms with Crippen LogP contribution in [0.1, 0.15) is 73.6 Å². The van der Waals surface area contributed by atoms with Crippen molar-refractivity contribution in [2.24, 2.45) is 0 Å². The third-order valence-electron chi connectivity index (χ3n) is 2.23. The lowest BCUT2D eigenvalue weighted by molar-refractivity contribution is -0.120. The number of nitrogens with one attached hydrogen (secondary N) is 1. The van der Waals surface area contributed by atoms with E-state index in [1.165, 1.54) is 24.8 Å². The second kappa shape index (κ2) is 28.8. The van der Waals surface area contributed by atoms with Crippen LogP contribution in [0.5, 0.6) is 0 Å². The third kappa shape index (κ3) is 28.0. The van der Waals surface area contributed by atoms with Crippen LogP contribution in [-0.2, 0) is 14.3 Å². The summed E-state index contributed by atoms with van der Waals surface area (Å²) in [7, 11) is 0. The highest BCUT2D eigenvalue weighted by Crippen LogP contribution is 2.02. The molecule has 0 heterocycles. The van der Waals surface area contributed by atoms with Gasteiger partial charge in [0.2, 0.25) is 5.91 Å². The molecule has 0 bridgehead atoms. The smallest absolute Gasteiger partial charge is 0.232 e. The minimum atomic E-state index is 0.0472. The molecule has 0 aliphatic rings. The highest BCUT2D eigenvalue weighted by molar-refractivity contribution is 7.97. The molecule has 0 fully saturated rings. The lowest BCUT2D eigenvalue weighted by atomic mass is 10.3. The fourth-order valence-corrected chi connectivity index (χ4v) is 1.95. The van der Waals surface area contributed by atoms with E-state index in [9.17, 15) is 4.79 Å². The van der Waals surface area contributed by atoms with E-state index >= 15 is 0 Å². The maximum absolute atomic E-state index is 11.4. The van der Waals surface area contributed by atoms with E-state index in [1.54, 1.807) is 0 Å². The molecule has 0 spiro atoms. The molecule has 0 saturated carbocycles. The standard InChI is InChI=1S/C13H27NO3S.2C2H6/c1-3-5-6-12-18-14-13(15)7-9-17-11-10-16-8-4-2;2*1-2/h3-12H2,1-2H3,(H,14,15);2*1-2H3. The minimum Gasteiger partial charge on any atom is -0.379 e. The molecule has 0 aromatic rings. The van der Waals surface area contributed by atoms with Crippen molar-refractivity contribution in [3.63, 3.8) is 0 Å². The van der Waals surface area contributed by atoms with Gasteiger partial charge in [0.25, 0.3) is 0 Å². The highest BCUT2D eigenvalue weighted by Gasteiger charge is 2.00. The van der Waals surface area contributed by atoms with Gasteiger partial charge in [-0.2, -0.15) is 0 Å². The average molecular weight is 338 g/mol. The van der Waals surface area contributed by atoms with Crippen molar-refractivity contribution < 1.29 is 14.3 Å². The molecule has 1 amide bonds. The van der Waals surface area contributed by atoms with Crippen molar-refractivity contribution in [2.45, 2.75) is 73.6 Å². The summed E-state index contributed by atoms with van der Waals surface area (Å²) in [5, 5.41) is 0. The van der Waals surface area contributed by atoms with Crippen molar-refractivity contribution >= 4 is 17.9 Å². The summed E-state index contributed by atoms with van der Waals surface area (Å²) in [6, 6.07) is 0. The molecular weight excluding hydrogens is 298 g/mol. The van der Waals surface area contributed by atoms with Gasteiger partial charge in [0.05, 0.1) is 26.2 Å². The Bertz CT molecular complexity index is 193. The first kappa shape index (κ1) is 26.6. The van der Waals surface area contributed by atoms with Crippen LogP contribution in [0.25, 0.3) is 0 Å². The quantitative estimate of drug-likeness (QED) is 0.386. The Morgan fingerprint density at radius 3 is 2.00 bits per heavy atom. The molecule has 0 unspecified atom stereocenters. The summed E-state index contributed by atoms with van der Waals surface area (Å²) in [4.78, 5) is 11.4. The predicted octanol–water partition coefficient (Wildman–Crippen LogP) is 4.83. The van der Waals surface area contributed by atoms with Crippen LogP contribution in [0, 0.1) is 0 Å². The Morgan fingerprint density at radius 2 is 1.45 bits per heavy atom. The summed E-state index contributed by atoms with van der Waals surface area (Å²) >= 11 is 1.50. The summed E-state index contributed by atoms with van der Waals surface area (Å²) < 4.78 is 13.4. The van der Waals surface area contributed by atoms with Gasteiger partial charge in [0.1, 0.15) is 0 Å². The molecule has 0 saturated heterocycles. The SMILES string of the molecule is CC.CC.CCCCCSNC(=O)CCOCCOCCC. The number of amides is 1. The van der Waals surface area contributed by atoms with E-state index in [2.05, 4.69) is 18.6 Å². The van der Waals surface area contributed by atoms with Crippen LogP contribution in [0.4, 0.5) is 0 Å². The van der Waals surface area contributed by atoms with Crippen molar-refractivity contribution in [3.05, 3.63) is 0 Å². The number of unbranched alkanes of at least 4 members (excludes halogenated alkanes) is 2. The maximum Gasteiger partial charge on any atom is 0.232 e. The Kier molecular flexibility index (Phi) is 34.9. The van der Waals surface area contributed by atoms with E-state index in [4.69, 9.17) is 9.47 Å². The van der Waals surface area contributed by atoms with Crippen LogP contribution < -0.4 is 4.72 Å². The van der Waals surface area contributed by atoms with E-state index in [1.807, 2.05) is 27.7 Å². The van der Waals surface area contributed by atoms with Crippen LogP contribution in [0.15, 0.2) is 0 Å². The van der Waals surface area contributed by atoms with Gasteiger partial charge in [0, 0.05) is 12.4 Å². The molecule has 1 N–H and O–H groups in total. The van der Waals surface area contributed by atoms with Gasteiger partial charge in [-0.3, -0.25) is 4.79 Å². The number of ether oxygens (including phenoxy) is 2. The van der Waals surface area contributed by atoms with Crippen molar-refractivity contribution in [3.8, 4) is 0 Å². The molecule has 4 nitrogen and oxygen atoms in total. The van der Waals surface area contributed by atoms with Crippen LogP contribution in [-0.4, -0.2) is 38.1 Å². The van der Waals surface area contributed by atoms with E-state index in [0.29, 0.717) is 26.2 Å². The number of carbonyl (C=O) groups excluding carboxylic acids is 1. The van der Waals surface area contributed by atoms with Gasteiger partial charge in [-0.05, 0) is 12.8 Å². The topological polar surface area (TPSA) is 47.6 Å². The second-order valence-electron chi connectivity index (χ2n) is 4.06. The maximum atomic E-state index is 11.4. The number of carbonyl (C=O) groups is 1. The van der Waals surface area contributed by atoms with Crippen LogP contribution in [0.3, 0.4) is 0 Å². The number of rotatable bonds is 13. The molecule has 0 rings (SSSR count). The molecule has 0 radical (unpaired) electrons. The monoisotopic (exact) mass is 337 g/mol. The Labute approximate surface area is 143 Å². The molecule has 0 atom stereocenters. The zero-order valence-electron chi connectivity index (χ0n) is 15.7. The zero-order valence-corrected chi connectivity index (χ0v) is 16.5. The molecule has 22 heavy (non-hydrogen) atoms.